The highest BCUT2D eigenvalue weighted by atomic mass is 16.5. The van der Waals surface area contributed by atoms with Gasteiger partial charge in [0, 0.05) is 35.5 Å². The van der Waals surface area contributed by atoms with Gasteiger partial charge in [0.05, 0.1) is 6.20 Å². The van der Waals surface area contributed by atoms with Crippen molar-refractivity contribution in [3.05, 3.63) is 48.1 Å². The fourth-order valence-corrected chi connectivity index (χ4v) is 3.66. The Morgan fingerprint density at radius 1 is 1.14 bits per heavy atom. The molecule has 3 aromatic rings. The summed E-state index contributed by atoms with van der Waals surface area (Å²) in [6, 6.07) is 8.79. The van der Waals surface area contributed by atoms with Crippen LogP contribution in [-0.4, -0.2) is 21.2 Å². The monoisotopic (exact) mass is 392 g/mol. The van der Waals surface area contributed by atoms with E-state index in [1.807, 2.05) is 6.20 Å². The van der Waals surface area contributed by atoms with Crippen LogP contribution in [0.15, 0.2) is 39.4 Å². The maximum atomic E-state index is 5.94. The molecule has 152 valence electrons. The van der Waals surface area contributed by atoms with Crippen LogP contribution in [-0.2, 0) is 6.42 Å². The molecule has 2 aromatic heterocycles. The molecule has 1 N–H and O–H groups in total. The van der Waals surface area contributed by atoms with Crippen molar-refractivity contribution < 1.29 is 8.94 Å². The van der Waals surface area contributed by atoms with Crippen molar-refractivity contribution in [3.63, 3.8) is 0 Å². The van der Waals surface area contributed by atoms with Gasteiger partial charge in [-0.3, -0.25) is 0 Å². The van der Waals surface area contributed by atoms with Crippen LogP contribution in [0.5, 0.6) is 0 Å². The van der Waals surface area contributed by atoms with E-state index in [4.69, 9.17) is 8.94 Å². The largest absolute Gasteiger partial charge is 0.440 e. The second kappa shape index (κ2) is 8.01. The number of hydrogen-bond acceptors (Lipinski definition) is 6. The van der Waals surface area contributed by atoms with Crippen LogP contribution < -0.4 is 5.32 Å². The molecular weight excluding hydrogens is 364 g/mol. The lowest BCUT2D eigenvalue weighted by Gasteiger charge is -2.15. The van der Waals surface area contributed by atoms with Crippen LogP contribution in [0.1, 0.15) is 81.3 Å². The topological polar surface area (TPSA) is 77.0 Å². The standard InChI is InChI=1S/C23H28N4O2/c1-15(5-2-3-8-21-26-22(27-29-21)16-9-10-16)25-19-7-4-6-18(13-19)20-14-24-23(28-20)17-11-12-17/h4,6-7,13-17,25H,2-3,5,8-12H2,1H3. The number of benzene rings is 1. The maximum Gasteiger partial charge on any atom is 0.226 e. The summed E-state index contributed by atoms with van der Waals surface area (Å²) < 4.78 is 11.3. The van der Waals surface area contributed by atoms with Crippen molar-refractivity contribution in [2.75, 3.05) is 5.32 Å². The molecule has 29 heavy (non-hydrogen) atoms. The van der Waals surface area contributed by atoms with Crippen molar-refractivity contribution in [2.45, 2.75) is 76.2 Å². The summed E-state index contributed by atoms with van der Waals surface area (Å²) in [4.78, 5) is 8.93. The van der Waals surface area contributed by atoms with Gasteiger partial charge in [-0.15, -0.1) is 0 Å². The smallest absolute Gasteiger partial charge is 0.226 e. The number of anilines is 1. The molecule has 6 nitrogen and oxygen atoms in total. The molecule has 1 aromatic carbocycles. The lowest BCUT2D eigenvalue weighted by molar-refractivity contribution is 0.368. The zero-order valence-electron chi connectivity index (χ0n) is 16.9. The first-order valence-electron chi connectivity index (χ1n) is 10.9. The number of aryl methyl sites for hydroxylation is 1. The van der Waals surface area contributed by atoms with Crippen LogP contribution in [0.2, 0.25) is 0 Å². The van der Waals surface area contributed by atoms with Crippen molar-refractivity contribution in [2.24, 2.45) is 0 Å². The molecule has 6 heteroatoms. The first-order chi connectivity index (χ1) is 14.2. The quantitative estimate of drug-likeness (QED) is 0.446. The zero-order chi connectivity index (χ0) is 19.6. The van der Waals surface area contributed by atoms with E-state index in [-0.39, 0.29) is 0 Å². The number of nitrogens with zero attached hydrogens (tertiary/aromatic N) is 3. The third kappa shape index (κ3) is 4.69. The Hall–Kier alpha value is -2.63. The van der Waals surface area contributed by atoms with Crippen LogP contribution >= 0.6 is 0 Å². The minimum absolute atomic E-state index is 0.395. The molecule has 0 spiro atoms. The predicted molar refractivity (Wildman–Crippen MR) is 111 cm³/mol. The van der Waals surface area contributed by atoms with Gasteiger partial charge < -0.3 is 14.3 Å². The number of unbranched alkanes of at least 4 members (excludes halogenated alkanes) is 1. The van der Waals surface area contributed by atoms with Gasteiger partial charge in [-0.2, -0.15) is 4.98 Å². The van der Waals surface area contributed by atoms with Gasteiger partial charge in [0.15, 0.2) is 17.5 Å². The van der Waals surface area contributed by atoms with Crippen LogP contribution in [0.3, 0.4) is 0 Å². The summed E-state index contributed by atoms with van der Waals surface area (Å²) in [6.45, 7) is 2.23. The molecule has 0 amide bonds. The Morgan fingerprint density at radius 3 is 2.83 bits per heavy atom. The predicted octanol–water partition coefficient (Wildman–Crippen LogP) is 5.69. The van der Waals surface area contributed by atoms with Crippen molar-refractivity contribution >= 4 is 5.69 Å². The third-order valence-corrected chi connectivity index (χ3v) is 5.71. The highest BCUT2D eigenvalue weighted by Gasteiger charge is 2.29. The summed E-state index contributed by atoms with van der Waals surface area (Å²) in [5.41, 5.74) is 2.19. The van der Waals surface area contributed by atoms with E-state index < -0.39 is 0 Å². The molecular formula is C23H28N4O2. The van der Waals surface area contributed by atoms with Gasteiger partial charge >= 0.3 is 0 Å². The Kier molecular flexibility index (Phi) is 5.08. The van der Waals surface area contributed by atoms with Crippen LogP contribution in [0, 0.1) is 0 Å². The van der Waals surface area contributed by atoms with E-state index in [9.17, 15) is 0 Å². The fraction of sp³-hybridized carbons (Fsp3) is 0.522. The van der Waals surface area contributed by atoms with E-state index in [0.29, 0.717) is 17.9 Å². The number of oxazole rings is 1. The molecule has 2 aliphatic rings. The summed E-state index contributed by atoms with van der Waals surface area (Å²) in [5.74, 6) is 4.54. The van der Waals surface area contributed by atoms with E-state index in [1.54, 1.807) is 0 Å². The Balaban J connectivity index is 1.09. The van der Waals surface area contributed by atoms with E-state index in [2.05, 4.69) is 51.6 Å². The molecule has 2 saturated carbocycles. The van der Waals surface area contributed by atoms with Crippen molar-refractivity contribution in [1.82, 2.24) is 15.1 Å². The molecule has 5 rings (SSSR count). The summed E-state index contributed by atoms with van der Waals surface area (Å²) in [7, 11) is 0. The third-order valence-electron chi connectivity index (χ3n) is 5.71. The second-order valence-electron chi connectivity index (χ2n) is 8.53. The first-order valence-corrected chi connectivity index (χ1v) is 10.9. The molecule has 0 aliphatic heterocycles. The highest BCUT2D eigenvalue weighted by molar-refractivity contribution is 5.63. The number of aromatic nitrogens is 3. The van der Waals surface area contributed by atoms with Gasteiger partial charge in [0.2, 0.25) is 5.89 Å². The van der Waals surface area contributed by atoms with Gasteiger partial charge in [-0.25, -0.2) is 4.98 Å². The van der Waals surface area contributed by atoms with Crippen molar-refractivity contribution in [1.29, 1.82) is 0 Å². The van der Waals surface area contributed by atoms with E-state index >= 15 is 0 Å². The Labute approximate surface area is 171 Å². The van der Waals surface area contributed by atoms with Crippen molar-refractivity contribution in [3.8, 4) is 11.3 Å². The summed E-state index contributed by atoms with van der Waals surface area (Å²) in [6.07, 6.45) is 10.8. The summed E-state index contributed by atoms with van der Waals surface area (Å²) in [5, 5.41) is 7.69. The molecule has 2 heterocycles. The first kappa shape index (κ1) is 18.4. The Morgan fingerprint density at radius 2 is 2.00 bits per heavy atom. The van der Waals surface area contributed by atoms with Crippen LogP contribution in [0.25, 0.3) is 11.3 Å². The zero-order valence-corrected chi connectivity index (χ0v) is 16.9. The SMILES string of the molecule is CC(CCCCc1nc(C2CC2)no1)Nc1cccc(-c2cnc(C3CC3)o2)c1. The van der Waals surface area contributed by atoms with E-state index in [1.165, 1.54) is 25.7 Å². The average Bonchev–Trinajstić information content (AvgIpc) is 3.66. The maximum absolute atomic E-state index is 5.94. The number of nitrogens with one attached hydrogen (secondary N) is 1. The molecule has 1 unspecified atom stereocenters. The lowest BCUT2D eigenvalue weighted by Crippen LogP contribution is -2.14. The lowest BCUT2D eigenvalue weighted by atomic mass is 10.1. The van der Waals surface area contributed by atoms with Gasteiger partial charge in [-0.1, -0.05) is 23.7 Å². The minimum atomic E-state index is 0.395. The van der Waals surface area contributed by atoms with E-state index in [0.717, 1.165) is 60.3 Å². The molecule has 2 aliphatic carbocycles. The number of hydrogen-bond donors (Lipinski definition) is 1. The summed E-state index contributed by atoms with van der Waals surface area (Å²) >= 11 is 0. The molecule has 0 saturated heterocycles. The van der Waals surface area contributed by atoms with Gasteiger partial charge in [0.25, 0.3) is 0 Å². The van der Waals surface area contributed by atoms with Crippen LogP contribution in [0.4, 0.5) is 5.69 Å². The van der Waals surface area contributed by atoms with Gasteiger partial charge in [-0.05, 0) is 57.6 Å². The molecule has 0 bridgehead atoms. The fourth-order valence-electron chi connectivity index (χ4n) is 3.66. The highest BCUT2D eigenvalue weighted by Crippen LogP contribution is 2.40. The number of rotatable bonds is 10. The normalized spacial score (nSPS) is 17.4. The van der Waals surface area contributed by atoms with Gasteiger partial charge in [0.1, 0.15) is 0 Å². The minimum Gasteiger partial charge on any atom is -0.440 e. The average molecular weight is 393 g/mol. The second-order valence-corrected chi connectivity index (χ2v) is 8.53. The molecule has 2 fully saturated rings. The molecule has 0 radical (unpaired) electrons. The molecule has 1 atom stereocenters. The Bertz CT molecular complexity index is 955.